The minimum atomic E-state index is -0.378. The molecular weight excluding hydrogens is 340 g/mol. The fourth-order valence-electron chi connectivity index (χ4n) is 3.79. The Hall–Kier alpha value is -3.85. The molecule has 1 unspecified atom stereocenters. The Morgan fingerprint density at radius 1 is 1.11 bits per heavy atom. The zero-order valence-corrected chi connectivity index (χ0v) is 14.4. The van der Waals surface area contributed by atoms with Gasteiger partial charge < -0.3 is 9.73 Å². The first-order chi connectivity index (χ1) is 13.2. The summed E-state index contributed by atoms with van der Waals surface area (Å²) in [6.45, 7) is 1.93. The van der Waals surface area contributed by atoms with Crippen molar-refractivity contribution in [3.05, 3.63) is 86.9 Å². The van der Waals surface area contributed by atoms with Gasteiger partial charge in [-0.05, 0) is 36.8 Å². The van der Waals surface area contributed by atoms with Gasteiger partial charge in [0.1, 0.15) is 5.58 Å². The Balaban J connectivity index is 1.85. The lowest BCUT2D eigenvalue weighted by atomic mass is 9.82. The number of H-pyrrole nitrogens is 1. The SMILES string of the molecule is Cc1[nH]nc2c1C(c1ccc(C#N)cc1)c1c(c3ccccc3oc1=O)N2. The molecule has 2 N–H and O–H groups in total. The van der Waals surface area contributed by atoms with Crippen molar-refractivity contribution in [2.75, 3.05) is 5.32 Å². The number of aromatic amines is 1. The smallest absolute Gasteiger partial charge is 0.342 e. The van der Waals surface area contributed by atoms with Gasteiger partial charge in [-0.3, -0.25) is 5.10 Å². The van der Waals surface area contributed by atoms with Gasteiger partial charge in [0.15, 0.2) is 5.82 Å². The van der Waals surface area contributed by atoms with Crippen LogP contribution in [0.2, 0.25) is 0 Å². The van der Waals surface area contributed by atoms with Gasteiger partial charge in [0, 0.05) is 22.6 Å². The number of benzene rings is 2. The third-order valence-corrected chi connectivity index (χ3v) is 5.04. The van der Waals surface area contributed by atoms with E-state index in [1.807, 2.05) is 37.3 Å². The molecule has 2 aromatic heterocycles. The molecule has 1 aliphatic heterocycles. The normalized spacial score (nSPS) is 14.9. The number of rotatable bonds is 1. The molecule has 1 aliphatic rings. The van der Waals surface area contributed by atoms with Crippen LogP contribution in [0.5, 0.6) is 0 Å². The Morgan fingerprint density at radius 3 is 2.67 bits per heavy atom. The van der Waals surface area contributed by atoms with Gasteiger partial charge >= 0.3 is 5.63 Å². The van der Waals surface area contributed by atoms with Crippen LogP contribution in [0.4, 0.5) is 11.5 Å². The van der Waals surface area contributed by atoms with Gasteiger partial charge in [-0.2, -0.15) is 10.4 Å². The van der Waals surface area contributed by atoms with Crippen LogP contribution in [0.1, 0.15) is 33.9 Å². The fourth-order valence-corrected chi connectivity index (χ4v) is 3.79. The van der Waals surface area contributed by atoms with E-state index < -0.39 is 0 Å². The van der Waals surface area contributed by atoms with Crippen LogP contribution in [0.3, 0.4) is 0 Å². The number of nitrogens with zero attached hydrogens (tertiary/aromatic N) is 2. The predicted molar refractivity (Wildman–Crippen MR) is 101 cm³/mol. The van der Waals surface area contributed by atoms with Crippen molar-refractivity contribution in [3.8, 4) is 6.07 Å². The molecule has 130 valence electrons. The van der Waals surface area contributed by atoms with Crippen LogP contribution < -0.4 is 10.9 Å². The standard InChI is InChI=1S/C21H14N4O2/c1-11-16-17(13-8-6-12(10-22)7-9-13)18-19(23-20(16)25-24-11)14-4-2-3-5-15(14)27-21(18)26/h2-9,17H,1H3,(H2,23,24,25). The Morgan fingerprint density at radius 2 is 1.89 bits per heavy atom. The van der Waals surface area contributed by atoms with E-state index in [2.05, 4.69) is 21.6 Å². The van der Waals surface area contributed by atoms with Crippen molar-refractivity contribution in [2.24, 2.45) is 0 Å². The first kappa shape index (κ1) is 15.4. The molecule has 3 heterocycles. The Kier molecular flexibility index (Phi) is 3.18. The van der Waals surface area contributed by atoms with Crippen molar-refractivity contribution in [2.45, 2.75) is 12.8 Å². The molecule has 4 aromatic rings. The summed E-state index contributed by atoms with van der Waals surface area (Å²) in [6, 6.07) is 16.8. The van der Waals surface area contributed by atoms with E-state index in [-0.39, 0.29) is 11.5 Å². The molecule has 0 saturated heterocycles. The molecule has 0 aliphatic carbocycles. The first-order valence-electron chi connectivity index (χ1n) is 8.55. The van der Waals surface area contributed by atoms with E-state index in [4.69, 9.17) is 9.68 Å². The molecule has 6 nitrogen and oxygen atoms in total. The number of nitriles is 1. The lowest BCUT2D eigenvalue weighted by molar-refractivity contribution is 0.548. The van der Waals surface area contributed by atoms with E-state index in [1.54, 1.807) is 18.2 Å². The van der Waals surface area contributed by atoms with Crippen molar-refractivity contribution in [3.63, 3.8) is 0 Å². The van der Waals surface area contributed by atoms with Crippen LogP contribution in [-0.4, -0.2) is 10.2 Å². The summed E-state index contributed by atoms with van der Waals surface area (Å²) in [4.78, 5) is 12.9. The molecule has 5 rings (SSSR count). The van der Waals surface area contributed by atoms with Gasteiger partial charge in [-0.15, -0.1) is 0 Å². The summed E-state index contributed by atoms with van der Waals surface area (Å²) in [5.74, 6) is 0.369. The van der Waals surface area contributed by atoms with Gasteiger partial charge in [0.05, 0.1) is 22.9 Å². The molecule has 0 radical (unpaired) electrons. The summed E-state index contributed by atoms with van der Waals surface area (Å²) in [5, 5.41) is 20.6. The first-order valence-corrected chi connectivity index (χ1v) is 8.55. The zero-order valence-electron chi connectivity index (χ0n) is 14.4. The van der Waals surface area contributed by atoms with E-state index in [0.29, 0.717) is 22.5 Å². The molecule has 0 bridgehead atoms. The number of nitrogens with one attached hydrogen (secondary N) is 2. The van der Waals surface area contributed by atoms with Crippen LogP contribution in [0.25, 0.3) is 11.0 Å². The second-order valence-corrected chi connectivity index (χ2v) is 6.58. The summed E-state index contributed by atoms with van der Waals surface area (Å²) in [7, 11) is 0. The molecule has 0 saturated carbocycles. The summed E-state index contributed by atoms with van der Waals surface area (Å²) in [5.41, 5.74) is 4.69. The maximum atomic E-state index is 12.9. The number of hydrogen-bond acceptors (Lipinski definition) is 5. The third kappa shape index (κ3) is 2.19. The van der Waals surface area contributed by atoms with Crippen LogP contribution in [-0.2, 0) is 0 Å². The fraction of sp³-hybridized carbons (Fsp3) is 0.0952. The number of anilines is 2. The van der Waals surface area contributed by atoms with Crippen LogP contribution in [0, 0.1) is 18.3 Å². The Labute approximate surface area is 154 Å². The highest BCUT2D eigenvalue weighted by Crippen LogP contribution is 2.46. The second-order valence-electron chi connectivity index (χ2n) is 6.58. The maximum Gasteiger partial charge on any atom is 0.342 e. The van der Waals surface area contributed by atoms with Crippen molar-refractivity contribution >= 4 is 22.5 Å². The van der Waals surface area contributed by atoms with Crippen LogP contribution >= 0.6 is 0 Å². The highest BCUT2D eigenvalue weighted by atomic mass is 16.4. The Bertz CT molecular complexity index is 1290. The molecule has 0 spiro atoms. The topological polar surface area (TPSA) is 94.7 Å². The average Bonchev–Trinajstić information content (AvgIpc) is 3.07. The molecular formula is C21H14N4O2. The van der Waals surface area contributed by atoms with Gasteiger partial charge in [0.25, 0.3) is 0 Å². The highest BCUT2D eigenvalue weighted by molar-refractivity contribution is 5.95. The lowest BCUT2D eigenvalue weighted by Crippen LogP contribution is -2.22. The molecule has 27 heavy (non-hydrogen) atoms. The molecule has 6 heteroatoms. The van der Waals surface area contributed by atoms with E-state index in [9.17, 15) is 4.79 Å². The maximum absolute atomic E-state index is 12.9. The summed E-state index contributed by atoms with van der Waals surface area (Å²) < 4.78 is 5.61. The largest absolute Gasteiger partial charge is 0.422 e. The summed E-state index contributed by atoms with van der Waals surface area (Å²) >= 11 is 0. The van der Waals surface area contributed by atoms with E-state index >= 15 is 0 Å². The number of hydrogen-bond donors (Lipinski definition) is 2. The van der Waals surface area contributed by atoms with Crippen molar-refractivity contribution in [1.29, 1.82) is 5.26 Å². The van der Waals surface area contributed by atoms with E-state index in [1.165, 1.54) is 0 Å². The molecule has 1 atom stereocenters. The van der Waals surface area contributed by atoms with Crippen molar-refractivity contribution in [1.82, 2.24) is 10.2 Å². The van der Waals surface area contributed by atoms with Gasteiger partial charge in [0.2, 0.25) is 0 Å². The highest BCUT2D eigenvalue weighted by Gasteiger charge is 2.35. The van der Waals surface area contributed by atoms with Gasteiger partial charge in [-0.1, -0.05) is 24.3 Å². The monoisotopic (exact) mass is 354 g/mol. The second kappa shape index (κ2) is 5.58. The van der Waals surface area contributed by atoms with Gasteiger partial charge in [-0.25, -0.2) is 4.79 Å². The minimum Gasteiger partial charge on any atom is -0.422 e. The number of aromatic nitrogens is 2. The predicted octanol–water partition coefficient (Wildman–Crippen LogP) is 3.93. The summed E-state index contributed by atoms with van der Waals surface area (Å²) in [6.07, 6.45) is 0. The molecule has 0 amide bonds. The van der Waals surface area contributed by atoms with E-state index in [0.717, 1.165) is 27.9 Å². The zero-order chi connectivity index (χ0) is 18.5. The lowest BCUT2D eigenvalue weighted by Gasteiger charge is -2.26. The number of fused-ring (bicyclic) bond motifs is 4. The quantitative estimate of drug-likeness (QED) is 0.445. The number of para-hydroxylation sites is 1. The minimum absolute atomic E-state index is 0.330. The average molecular weight is 354 g/mol. The molecule has 0 fully saturated rings. The van der Waals surface area contributed by atoms with Crippen molar-refractivity contribution < 1.29 is 4.42 Å². The van der Waals surface area contributed by atoms with Crippen LogP contribution in [0.15, 0.2) is 57.7 Å². The number of aryl methyl sites for hydroxylation is 1. The molecule has 2 aromatic carbocycles. The third-order valence-electron chi connectivity index (χ3n) is 5.04.